The second kappa shape index (κ2) is 5.35. The Kier molecular flexibility index (Phi) is 3.62. The highest BCUT2D eigenvalue weighted by molar-refractivity contribution is 5.61. The molecule has 5 heteroatoms. The molecular weight excluding hydrogens is 235 g/mol. The number of hydrogen-bond donors (Lipinski definition) is 0. The highest BCUT2D eigenvalue weighted by Crippen LogP contribution is 2.21. The maximum absolute atomic E-state index is 12.2. The van der Waals surface area contributed by atoms with Crippen LogP contribution in [-0.4, -0.2) is 16.6 Å². The van der Waals surface area contributed by atoms with Crippen LogP contribution in [0.2, 0.25) is 0 Å². The van der Waals surface area contributed by atoms with E-state index in [-0.39, 0.29) is 5.69 Å². The summed E-state index contributed by atoms with van der Waals surface area (Å²) in [7, 11) is 0. The Balaban J connectivity index is 2.30. The number of aromatic nitrogens is 1. The lowest BCUT2D eigenvalue weighted by Gasteiger charge is -2.02. The number of nitrogens with zero attached hydrogens (tertiary/aromatic N) is 2. The first-order chi connectivity index (χ1) is 8.70. The molecule has 0 aliphatic rings. The molecule has 0 bridgehead atoms. The fourth-order valence-corrected chi connectivity index (χ4v) is 1.64. The maximum atomic E-state index is 12.2. The van der Waals surface area contributed by atoms with Crippen LogP contribution in [0.5, 0.6) is 0 Å². The van der Waals surface area contributed by atoms with E-state index in [9.17, 15) is 14.5 Å². The first kappa shape index (κ1) is 12.2. The molecule has 2 rings (SSSR count). The predicted octanol–water partition coefficient (Wildman–Crippen LogP) is 3.17. The van der Waals surface area contributed by atoms with Gasteiger partial charge in [-0.2, -0.15) is 0 Å². The van der Waals surface area contributed by atoms with Crippen LogP contribution in [0, 0.1) is 10.1 Å². The molecule has 0 saturated heterocycles. The van der Waals surface area contributed by atoms with Crippen LogP contribution in [0.15, 0.2) is 42.6 Å². The standard InChI is InChI=1S/C13H11FN2O2/c14-7-5-10-1-3-11(4-2-10)13-9-12(16(17)18)6-8-15-13/h1-4,6,8-9H,5,7H2. The second-order valence-corrected chi connectivity index (χ2v) is 3.79. The molecule has 1 aromatic heterocycles. The molecule has 18 heavy (non-hydrogen) atoms. The zero-order chi connectivity index (χ0) is 13.0. The van der Waals surface area contributed by atoms with Crippen LogP contribution in [0.3, 0.4) is 0 Å². The summed E-state index contributed by atoms with van der Waals surface area (Å²) in [4.78, 5) is 14.3. The normalized spacial score (nSPS) is 10.3. The highest BCUT2D eigenvalue weighted by Gasteiger charge is 2.08. The van der Waals surface area contributed by atoms with Gasteiger partial charge in [0.15, 0.2) is 0 Å². The Labute approximate surface area is 103 Å². The van der Waals surface area contributed by atoms with E-state index in [4.69, 9.17) is 0 Å². The minimum atomic E-state index is -0.456. The Morgan fingerprint density at radius 2 is 1.94 bits per heavy atom. The smallest absolute Gasteiger partial charge is 0.258 e. The zero-order valence-electron chi connectivity index (χ0n) is 9.54. The van der Waals surface area contributed by atoms with Gasteiger partial charge in [0.2, 0.25) is 0 Å². The van der Waals surface area contributed by atoms with Gasteiger partial charge in [-0.15, -0.1) is 0 Å². The lowest BCUT2D eigenvalue weighted by Crippen LogP contribution is -1.91. The minimum absolute atomic E-state index is 0.00725. The van der Waals surface area contributed by atoms with E-state index in [1.54, 1.807) is 24.3 Å². The van der Waals surface area contributed by atoms with Crippen molar-refractivity contribution in [3.63, 3.8) is 0 Å². The number of hydrogen-bond acceptors (Lipinski definition) is 3. The van der Waals surface area contributed by atoms with Gasteiger partial charge in [-0.05, 0) is 5.56 Å². The van der Waals surface area contributed by atoms with Crippen LogP contribution in [-0.2, 0) is 6.42 Å². The average molecular weight is 246 g/mol. The zero-order valence-corrected chi connectivity index (χ0v) is 9.54. The number of benzene rings is 1. The quantitative estimate of drug-likeness (QED) is 0.615. The highest BCUT2D eigenvalue weighted by atomic mass is 19.1. The number of aryl methyl sites for hydroxylation is 1. The van der Waals surface area contributed by atoms with E-state index in [0.717, 1.165) is 11.1 Å². The predicted molar refractivity (Wildman–Crippen MR) is 66.0 cm³/mol. The molecule has 0 atom stereocenters. The topological polar surface area (TPSA) is 56.0 Å². The van der Waals surface area contributed by atoms with Gasteiger partial charge in [-0.3, -0.25) is 19.5 Å². The van der Waals surface area contributed by atoms with Crippen molar-refractivity contribution in [2.45, 2.75) is 6.42 Å². The first-order valence-corrected chi connectivity index (χ1v) is 5.46. The molecule has 0 radical (unpaired) electrons. The van der Waals surface area contributed by atoms with Gasteiger partial charge in [-0.1, -0.05) is 24.3 Å². The van der Waals surface area contributed by atoms with E-state index in [1.165, 1.54) is 18.3 Å². The van der Waals surface area contributed by atoms with E-state index < -0.39 is 11.6 Å². The van der Waals surface area contributed by atoms with Crippen LogP contribution < -0.4 is 0 Å². The van der Waals surface area contributed by atoms with Crippen molar-refractivity contribution in [3.05, 3.63) is 58.3 Å². The third-order valence-electron chi connectivity index (χ3n) is 2.59. The molecule has 2 aromatic rings. The monoisotopic (exact) mass is 246 g/mol. The third-order valence-corrected chi connectivity index (χ3v) is 2.59. The Morgan fingerprint density at radius 1 is 1.22 bits per heavy atom. The van der Waals surface area contributed by atoms with Gasteiger partial charge >= 0.3 is 0 Å². The van der Waals surface area contributed by atoms with Crippen LogP contribution >= 0.6 is 0 Å². The van der Waals surface area contributed by atoms with Crippen molar-refractivity contribution in [1.82, 2.24) is 4.98 Å². The molecule has 1 aromatic carbocycles. The summed E-state index contributed by atoms with van der Waals surface area (Å²) in [5.41, 5.74) is 2.22. The lowest BCUT2D eigenvalue weighted by atomic mass is 10.1. The number of halogens is 1. The number of nitro groups is 1. The van der Waals surface area contributed by atoms with Gasteiger partial charge in [0.1, 0.15) is 0 Å². The summed E-state index contributed by atoms with van der Waals surface area (Å²) < 4.78 is 12.2. The van der Waals surface area contributed by atoms with E-state index in [0.29, 0.717) is 12.1 Å². The molecule has 4 nitrogen and oxygen atoms in total. The summed E-state index contributed by atoms with van der Waals surface area (Å²) in [6.07, 6.45) is 1.78. The van der Waals surface area contributed by atoms with Gasteiger partial charge in [0.25, 0.3) is 5.69 Å². The largest absolute Gasteiger partial charge is 0.273 e. The van der Waals surface area contributed by atoms with E-state index >= 15 is 0 Å². The molecular formula is C13H11FN2O2. The van der Waals surface area contributed by atoms with Crippen molar-refractivity contribution >= 4 is 5.69 Å². The molecule has 92 valence electrons. The van der Waals surface area contributed by atoms with Crippen molar-refractivity contribution in [3.8, 4) is 11.3 Å². The van der Waals surface area contributed by atoms with E-state index in [1.807, 2.05) is 0 Å². The minimum Gasteiger partial charge on any atom is -0.258 e. The van der Waals surface area contributed by atoms with Crippen molar-refractivity contribution in [1.29, 1.82) is 0 Å². The summed E-state index contributed by atoms with van der Waals surface area (Å²) in [6.45, 7) is -0.394. The Morgan fingerprint density at radius 3 is 2.56 bits per heavy atom. The molecule has 0 amide bonds. The molecule has 1 heterocycles. The molecule has 0 N–H and O–H groups in total. The number of alkyl halides is 1. The van der Waals surface area contributed by atoms with Crippen LogP contribution in [0.25, 0.3) is 11.3 Å². The fourth-order valence-electron chi connectivity index (χ4n) is 1.64. The van der Waals surface area contributed by atoms with Gasteiger partial charge in [-0.25, -0.2) is 0 Å². The van der Waals surface area contributed by atoms with Gasteiger partial charge < -0.3 is 0 Å². The lowest BCUT2D eigenvalue weighted by molar-refractivity contribution is -0.384. The molecule has 0 aliphatic carbocycles. The summed E-state index contributed by atoms with van der Waals surface area (Å²) >= 11 is 0. The maximum Gasteiger partial charge on any atom is 0.273 e. The summed E-state index contributed by atoms with van der Waals surface area (Å²) in [6, 6.07) is 9.95. The molecule has 0 saturated carbocycles. The Bertz CT molecular complexity index is 555. The Hall–Kier alpha value is -2.30. The molecule has 0 spiro atoms. The van der Waals surface area contributed by atoms with Gasteiger partial charge in [0.05, 0.1) is 17.3 Å². The number of rotatable bonds is 4. The summed E-state index contributed by atoms with van der Waals surface area (Å²) in [5, 5.41) is 10.7. The SMILES string of the molecule is O=[N+]([O-])c1ccnc(-c2ccc(CCF)cc2)c1. The molecule has 0 unspecified atom stereocenters. The fraction of sp³-hybridized carbons (Fsp3) is 0.154. The van der Waals surface area contributed by atoms with E-state index in [2.05, 4.69) is 4.98 Å². The summed E-state index contributed by atoms with van der Waals surface area (Å²) in [5.74, 6) is 0. The van der Waals surface area contributed by atoms with Crippen molar-refractivity contribution < 1.29 is 9.31 Å². The van der Waals surface area contributed by atoms with Crippen LogP contribution in [0.4, 0.5) is 10.1 Å². The first-order valence-electron chi connectivity index (χ1n) is 5.46. The van der Waals surface area contributed by atoms with Crippen molar-refractivity contribution in [2.75, 3.05) is 6.67 Å². The van der Waals surface area contributed by atoms with Gasteiger partial charge in [0, 0.05) is 30.3 Å². The number of pyridine rings is 1. The molecule has 0 fully saturated rings. The molecule has 0 aliphatic heterocycles. The second-order valence-electron chi connectivity index (χ2n) is 3.79. The third kappa shape index (κ3) is 2.68. The van der Waals surface area contributed by atoms with Crippen molar-refractivity contribution in [2.24, 2.45) is 0 Å². The van der Waals surface area contributed by atoms with Crippen LogP contribution in [0.1, 0.15) is 5.56 Å². The average Bonchev–Trinajstić information content (AvgIpc) is 2.40.